The summed E-state index contributed by atoms with van der Waals surface area (Å²) in [7, 11) is -2.78. The van der Waals surface area contributed by atoms with Crippen LogP contribution in [0.2, 0.25) is 0 Å². The zero-order chi connectivity index (χ0) is 28.7. The van der Waals surface area contributed by atoms with Crippen LogP contribution in [0.4, 0.5) is 10.1 Å². The topological polar surface area (TPSA) is 96.0 Å². The Kier molecular flexibility index (Phi) is 9.42. The highest BCUT2D eigenvalue weighted by molar-refractivity contribution is 7.92. The van der Waals surface area contributed by atoms with Crippen LogP contribution in [-0.2, 0) is 26.2 Å². The summed E-state index contributed by atoms with van der Waals surface area (Å²) in [5.74, 6) is -0.930. The van der Waals surface area contributed by atoms with Gasteiger partial charge >= 0.3 is 0 Å². The number of hydrogen-bond donors (Lipinski definition) is 1. The van der Waals surface area contributed by atoms with E-state index in [0.29, 0.717) is 5.75 Å². The summed E-state index contributed by atoms with van der Waals surface area (Å²) in [6, 6.07) is 19.1. The van der Waals surface area contributed by atoms with Gasteiger partial charge in [0.1, 0.15) is 24.2 Å². The molecule has 2 amide bonds. The highest BCUT2D eigenvalue weighted by Crippen LogP contribution is 2.26. The van der Waals surface area contributed by atoms with Crippen molar-refractivity contribution in [3.63, 3.8) is 0 Å². The Labute approximate surface area is 234 Å². The zero-order valence-electron chi connectivity index (χ0n) is 22.6. The number of ether oxygens (including phenoxy) is 1. The van der Waals surface area contributed by atoms with Crippen molar-refractivity contribution in [2.45, 2.75) is 56.1 Å². The molecule has 3 aromatic carbocycles. The summed E-state index contributed by atoms with van der Waals surface area (Å²) in [5.41, 5.74) is 0.913. The van der Waals surface area contributed by atoms with Crippen molar-refractivity contribution in [3.05, 3.63) is 90.2 Å². The molecule has 0 spiro atoms. The smallest absolute Gasteiger partial charge is 0.264 e. The van der Waals surface area contributed by atoms with E-state index in [0.717, 1.165) is 47.7 Å². The SMILES string of the molecule is COc1ccc(S(=O)(=O)N(CC(=O)N(Cc2ccccc2)[C@@H](C)C(=O)NC2CCCC2)c2ccc(F)cc2)cc1. The molecule has 10 heteroatoms. The van der Waals surface area contributed by atoms with Crippen LogP contribution in [0.15, 0.2) is 83.8 Å². The number of carbonyl (C=O) groups is 2. The van der Waals surface area contributed by atoms with Gasteiger partial charge in [-0.1, -0.05) is 43.2 Å². The van der Waals surface area contributed by atoms with Gasteiger partial charge in [-0.25, -0.2) is 12.8 Å². The fourth-order valence-corrected chi connectivity index (χ4v) is 6.18. The molecule has 0 saturated heterocycles. The van der Waals surface area contributed by atoms with Crippen LogP contribution in [0, 0.1) is 5.82 Å². The van der Waals surface area contributed by atoms with Gasteiger partial charge in [0, 0.05) is 12.6 Å². The maximum atomic E-state index is 13.9. The molecule has 212 valence electrons. The third-order valence-corrected chi connectivity index (χ3v) is 8.89. The van der Waals surface area contributed by atoms with Crippen molar-refractivity contribution in [2.75, 3.05) is 18.0 Å². The predicted octanol–water partition coefficient (Wildman–Crippen LogP) is 4.51. The first-order valence-corrected chi connectivity index (χ1v) is 14.7. The number of sulfonamides is 1. The molecular weight excluding hydrogens is 533 g/mol. The van der Waals surface area contributed by atoms with Crippen LogP contribution in [0.3, 0.4) is 0 Å². The normalized spacial score (nSPS) is 14.4. The fraction of sp³-hybridized carbons (Fsp3) is 0.333. The number of rotatable bonds is 11. The molecule has 1 saturated carbocycles. The first kappa shape index (κ1) is 29.1. The second kappa shape index (κ2) is 13.0. The first-order chi connectivity index (χ1) is 19.2. The number of halogens is 1. The molecule has 1 aliphatic rings. The molecule has 4 rings (SSSR count). The van der Waals surface area contributed by atoms with Crippen LogP contribution in [0.25, 0.3) is 0 Å². The van der Waals surface area contributed by atoms with Crippen LogP contribution >= 0.6 is 0 Å². The summed E-state index contributed by atoms with van der Waals surface area (Å²) >= 11 is 0. The van der Waals surface area contributed by atoms with Gasteiger partial charge in [0.25, 0.3) is 10.0 Å². The lowest BCUT2D eigenvalue weighted by Gasteiger charge is -2.32. The summed E-state index contributed by atoms with van der Waals surface area (Å²) in [4.78, 5) is 28.4. The van der Waals surface area contributed by atoms with Crippen molar-refractivity contribution in [3.8, 4) is 5.75 Å². The van der Waals surface area contributed by atoms with Crippen LogP contribution in [0.1, 0.15) is 38.2 Å². The standard InChI is InChI=1S/C30H34FN3O5S/c1-22(30(36)32-25-10-6-7-11-25)33(20-23-8-4-3-5-9-23)29(35)21-34(26-14-12-24(31)13-15-26)40(37,38)28-18-16-27(39-2)17-19-28/h3-5,8-9,12-19,22,25H,6-7,10-11,20-21H2,1-2H3,(H,32,36)/t22-/m0/s1. The lowest BCUT2D eigenvalue weighted by Crippen LogP contribution is -2.52. The average Bonchev–Trinajstić information content (AvgIpc) is 3.48. The van der Waals surface area contributed by atoms with E-state index < -0.39 is 34.3 Å². The number of hydrogen-bond acceptors (Lipinski definition) is 5. The second-order valence-corrected chi connectivity index (χ2v) is 11.7. The molecule has 1 atom stereocenters. The monoisotopic (exact) mass is 567 g/mol. The van der Waals surface area contributed by atoms with Crippen LogP contribution < -0.4 is 14.4 Å². The Morgan fingerprint density at radius 3 is 2.20 bits per heavy atom. The Bertz CT molecular complexity index is 1390. The fourth-order valence-electron chi connectivity index (χ4n) is 4.77. The van der Waals surface area contributed by atoms with Gasteiger partial charge in [0.05, 0.1) is 17.7 Å². The maximum absolute atomic E-state index is 13.9. The van der Waals surface area contributed by atoms with E-state index in [1.165, 1.54) is 48.4 Å². The minimum absolute atomic E-state index is 0.0629. The molecule has 0 bridgehead atoms. The van der Waals surface area contributed by atoms with Crippen molar-refractivity contribution in [1.82, 2.24) is 10.2 Å². The van der Waals surface area contributed by atoms with E-state index >= 15 is 0 Å². The number of carbonyl (C=O) groups excluding carboxylic acids is 2. The molecule has 0 aromatic heterocycles. The third kappa shape index (κ3) is 6.98. The lowest BCUT2D eigenvalue weighted by molar-refractivity contribution is -0.139. The Hall–Kier alpha value is -3.92. The summed E-state index contributed by atoms with van der Waals surface area (Å²) in [6.07, 6.45) is 3.87. The highest BCUT2D eigenvalue weighted by Gasteiger charge is 2.33. The van der Waals surface area contributed by atoms with Gasteiger partial charge < -0.3 is 15.0 Å². The number of methoxy groups -OCH3 is 1. The minimum atomic E-state index is -4.25. The van der Waals surface area contributed by atoms with Crippen LogP contribution in [0.5, 0.6) is 5.75 Å². The van der Waals surface area contributed by atoms with Gasteiger partial charge in [0.15, 0.2) is 0 Å². The summed E-state index contributed by atoms with van der Waals surface area (Å²) < 4.78 is 47.4. The first-order valence-electron chi connectivity index (χ1n) is 13.2. The summed E-state index contributed by atoms with van der Waals surface area (Å²) in [6.45, 7) is 1.16. The Morgan fingerprint density at radius 2 is 1.60 bits per heavy atom. The van der Waals surface area contributed by atoms with Crippen molar-refractivity contribution in [1.29, 1.82) is 0 Å². The zero-order valence-corrected chi connectivity index (χ0v) is 23.4. The van der Waals surface area contributed by atoms with Crippen LogP contribution in [-0.4, -0.2) is 50.9 Å². The van der Waals surface area contributed by atoms with E-state index in [1.807, 2.05) is 30.3 Å². The van der Waals surface area contributed by atoms with E-state index in [-0.39, 0.29) is 29.1 Å². The van der Waals surface area contributed by atoms with E-state index in [4.69, 9.17) is 4.74 Å². The number of amides is 2. The average molecular weight is 568 g/mol. The largest absolute Gasteiger partial charge is 0.497 e. The van der Waals surface area contributed by atoms with Gasteiger partial charge in [-0.15, -0.1) is 0 Å². The maximum Gasteiger partial charge on any atom is 0.264 e. The molecule has 0 radical (unpaired) electrons. The van der Waals surface area contributed by atoms with Gasteiger partial charge in [-0.2, -0.15) is 0 Å². The number of anilines is 1. The quantitative estimate of drug-likeness (QED) is 0.368. The van der Waals surface area contributed by atoms with Crippen molar-refractivity contribution < 1.29 is 27.1 Å². The van der Waals surface area contributed by atoms with Gasteiger partial charge in [-0.05, 0) is 73.9 Å². The molecule has 0 heterocycles. The second-order valence-electron chi connectivity index (χ2n) is 9.84. The molecule has 0 aliphatic heterocycles. The molecule has 0 unspecified atom stereocenters. The number of benzene rings is 3. The lowest BCUT2D eigenvalue weighted by atomic mass is 10.1. The van der Waals surface area contributed by atoms with Crippen molar-refractivity contribution in [2.24, 2.45) is 0 Å². The van der Waals surface area contributed by atoms with Gasteiger partial charge in [-0.3, -0.25) is 13.9 Å². The molecule has 1 fully saturated rings. The molecule has 3 aromatic rings. The third-order valence-electron chi connectivity index (χ3n) is 7.11. The molecule has 1 N–H and O–H groups in total. The van der Waals surface area contributed by atoms with Crippen molar-refractivity contribution >= 4 is 27.5 Å². The molecular formula is C30H34FN3O5S. The summed E-state index contributed by atoms with van der Waals surface area (Å²) in [5, 5.41) is 3.04. The molecule has 40 heavy (non-hydrogen) atoms. The van der Waals surface area contributed by atoms with E-state index in [9.17, 15) is 22.4 Å². The van der Waals surface area contributed by atoms with E-state index in [2.05, 4.69) is 5.32 Å². The molecule has 8 nitrogen and oxygen atoms in total. The highest BCUT2D eigenvalue weighted by atomic mass is 32.2. The number of nitrogens with zero attached hydrogens (tertiary/aromatic N) is 2. The minimum Gasteiger partial charge on any atom is -0.497 e. The number of nitrogens with one attached hydrogen (secondary N) is 1. The Balaban J connectivity index is 1.66. The van der Waals surface area contributed by atoms with Gasteiger partial charge in [0.2, 0.25) is 11.8 Å². The molecule has 1 aliphatic carbocycles. The predicted molar refractivity (Wildman–Crippen MR) is 151 cm³/mol. The van der Waals surface area contributed by atoms with E-state index in [1.54, 1.807) is 6.92 Å². The Morgan fingerprint density at radius 1 is 0.975 bits per heavy atom.